The number of rotatable bonds is 21. The molecule has 1 aliphatic heterocycles. The second kappa shape index (κ2) is 33.8. The van der Waals surface area contributed by atoms with Crippen molar-refractivity contribution in [2.75, 3.05) is 45.8 Å². The second-order valence-electron chi connectivity index (χ2n) is 18.9. The van der Waals surface area contributed by atoms with E-state index in [-0.39, 0.29) is 116 Å². The Labute approximate surface area is 428 Å². The molecule has 0 bridgehead atoms. The van der Waals surface area contributed by atoms with Crippen LogP contribution in [0.4, 0.5) is 0 Å². The van der Waals surface area contributed by atoms with Crippen LogP contribution in [-0.2, 0) is 49.6 Å². The zero-order chi connectivity index (χ0) is 54.6. The molecule has 1 aromatic carbocycles. The summed E-state index contributed by atoms with van der Waals surface area (Å²) in [4.78, 5) is 127. The van der Waals surface area contributed by atoms with Crippen LogP contribution in [0.2, 0.25) is 0 Å². The number of nitrogens with zero attached hydrogens (tertiary/aromatic N) is 1. The first-order valence-corrected chi connectivity index (χ1v) is 25.3. The summed E-state index contributed by atoms with van der Waals surface area (Å²) in [6, 6.07) is -1.93. The Morgan fingerprint density at radius 3 is 1.64 bits per heavy atom. The van der Waals surface area contributed by atoms with Crippen molar-refractivity contribution in [1.82, 2.24) is 47.4 Å². The van der Waals surface area contributed by atoms with Crippen LogP contribution in [-0.4, -0.2) is 175 Å². The Hall–Kier alpha value is -5.83. The van der Waals surface area contributed by atoms with Crippen LogP contribution in [0.25, 0.3) is 0 Å². The lowest BCUT2D eigenvalue weighted by Gasteiger charge is -2.30. The van der Waals surface area contributed by atoms with Crippen LogP contribution in [0.3, 0.4) is 0 Å². The van der Waals surface area contributed by atoms with E-state index in [9.17, 15) is 53.4 Å². The molecule has 1 fully saturated rings. The van der Waals surface area contributed by atoms with Crippen LogP contribution in [0, 0.1) is 5.92 Å². The van der Waals surface area contributed by atoms with Crippen LogP contribution in [0.1, 0.15) is 97.5 Å². The first-order valence-electron chi connectivity index (χ1n) is 25.3. The second-order valence-corrected chi connectivity index (χ2v) is 18.9. The Kier molecular flexibility index (Phi) is 29.3. The van der Waals surface area contributed by atoms with Crippen molar-refractivity contribution >= 4 is 53.2 Å². The molecule has 2 rings (SSSR count). The predicted octanol–water partition coefficient (Wildman–Crippen LogP) is -4.94. The van der Waals surface area contributed by atoms with Crippen LogP contribution >= 0.6 is 0 Å². The van der Waals surface area contributed by atoms with Crippen molar-refractivity contribution in [1.29, 1.82) is 0 Å². The summed E-state index contributed by atoms with van der Waals surface area (Å²) < 4.78 is 0. The van der Waals surface area contributed by atoms with Gasteiger partial charge in [-0.05, 0) is 116 Å². The lowest BCUT2D eigenvalue weighted by Crippen LogP contribution is -2.60. The van der Waals surface area contributed by atoms with Crippen molar-refractivity contribution < 1.29 is 53.4 Å². The maximum atomic E-state index is 14.4. The summed E-state index contributed by atoms with van der Waals surface area (Å²) in [5.41, 5.74) is 29.7. The van der Waals surface area contributed by atoms with E-state index in [4.69, 9.17) is 28.7 Å². The molecule has 0 unspecified atom stereocenters. The first-order chi connectivity index (χ1) is 34.7. The molecule has 20 N–H and O–H groups in total. The number of nitrogens with two attached hydrogens (primary N) is 5. The zero-order valence-electron chi connectivity index (χ0n) is 42.9. The van der Waals surface area contributed by atoms with E-state index < -0.39 is 120 Å². The largest absolute Gasteiger partial charge is 0.391 e. The lowest BCUT2D eigenvalue weighted by molar-refractivity contribution is -0.141. The minimum atomic E-state index is -1.55. The van der Waals surface area contributed by atoms with E-state index in [1.54, 1.807) is 30.3 Å². The number of nitrogens with one attached hydrogen (secondary N) is 8. The van der Waals surface area contributed by atoms with E-state index >= 15 is 0 Å². The maximum Gasteiger partial charge on any atom is 0.245 e. The Morgan fingerprint density at radius 2 is 1.14 bits per heavy atom. The molecule has 1 aromatic rings. The van der Waals surface area contributed by atoms with Gasteiger partial charge < -0.3 is 86.3 Å². The SMILES string of the molecule is CC(C)C[C@@H]1NC(=O)[C@@H](Cc2ccccc2)NC(=O)[C@H](CCCN)NC(=O)CN(C(=O)[C@H](CCCN)NC(=O)[C@@H](N)[C@@H](C)O)CCCNC(=O)[C@@H]([C@H](C)O)NC(=O)[C@H](CCCN)NC(=O)[C@H](CCCN)NC1=O. The number of hydrogen-bond acceptors (Lipinski definition) is 16. The number of amides is 9. The number of carbonyl (C=O) groups is 9. The Balaban J connectivity index is 2.78. The minimum absolute atomic E-state index is 0.00115. The molecule has 0 aliphatic carbocycles. The van der Waals surface area contributed by atoms with Crippen molar-refractivity contribution in [3.8, 4) is 0 Å². The Morgan fingerprint density at radius 1 is 0.658 bits per heavy atom. The fourth-order valence-electron chi connectivity index (χ4n) is 7.84. The summed E-state index contributed by atoms with van der Waals surface area (Å²) in [5.74, 6) is -7.35. The van der Waals surface area contributed by atoms with Crippen molar-refractivity contribution in [2.45, 2.75) is 159 Å². The molecule has 25 heteroatoms. The molecule has 0 saturated carbocycles. The molecule has 1 saturated heterocycles. The summed E-state index contributed by atoms with van der Waals surface area (Å²) >= 11 is 0. The van der Waals surface area contributed by atoms with Gasteiger partial charge in [0.1, 0.15) is 48.3 Å². The highest BCUT2D eigenvalue weighted by molar-refractivity contribution is 5.98. The Bertz CT molecular complexity index is 1930. The van der Waals surface area contributed by atoms with E-state index in [2.05, 4.69) is 42.5 Å². The quantitative estimate of drug-likeness (QED) is 0.0549. The number of benzene rings is 1. The van der Waals surface area contributed by atoms with Gasteiger partial charge >= 0.3 is 0 Å². The van der Waals surface area contributed by atoms with Gasteiger partial charge in [0.05, 0.1) is 18.8 Å². The highest BCUT2D eigenvalue weighted by Crippen LogP contribution is 2.12. The summed E-state index contributed by atoms with van der Waals surface area (Å²) in [6.07, 6.45) is -1.67. The van der Waals surface area contributed by atoms with Gasteiger partial charge in [-0.25, -0.2) is 0 Å². The molecule has 0 spiro atoms. The average molecular weight is 1030 g/mol. The fourth-order valence-corrected chi connectivity index (χ4v) is 7.84. The van der Waals surface area contributed by atoms with E-state index in [1.807, 2.05) is 13.8 Å². The molecule has 1 heterocycles. The van der Waals surface area contributed by atoms with Crippen LogP contribution < -0.4 is 71.2 Å². The van der Waals surface area contributed by atoms with E-state index in [0.717, 1.165) is 4.90 Å². The fraction of sp³-hybridized carbons (Fsp3) is 0.688. The van der Waals surface area contributed by atoms with Crippen molar-refractivity contribution in [3.63, 3.8) is 0 Å². The third-order valence-electron chi connectivity index (χ3n) is 12.0. The molecule has 0 radical (unpaired) electrons. The summed E-state index contributed by atoms with van der Waals surface area (Å²) in [6.45, 7) is 5.64. The molecule has 25 nitrogen and oxygen atoms in total. The molecular formula is C48H84N14O11. The molecule has 10 atom stereocenters. The van der Waals surface area contributed by atoms with Crippen molar-refractivity contribution in [2.24, 2.45) is 34.6 Å². The molecule has 0 aromatic heterocycles. The third-order valence-corrected chi connectivity index (χ3v) is 12.0. The smallest absolute Gasteiger partial charge is 0.245 e. The monoisotopic (exact) mass is 1030 g/mol. The lowest BCUT2D eigenvalue weighted by atomic mass is 10.00. The van der Waals surface area contributed by atoms with Gasteiger partial charge in [0.25, 0.3) is 0 Å². The first kappa shape index (κ1) is 63.3. The van der Waals surface area contributed by atoms with E-state index in [0.29, 0.717) is 5.56 Å². The van der Waals surface area contributed by atoms with E-state index in [1.165, 1.54) is 13.8 Å². The van der Waals surface area contributed by atoms with Gasteiger partial charge in [0.15, 0.2) is 0 Å². The van der Waals surface area contributed by atoms with Crippen LogP contribution in [0.15, 0.2) is 30.3 Å². The normalized spacial score (nSPS) is 23.4. The standard InChI is InChI=1S/C48H84N14O11/c1-28(2)25-36-44(69)57-33(16-9-20-50)42(67)56-34(17-10-21-51)43(68)61-40(30(4)64)47(72)54-23-12-24-62(48(73)35(18-11-22-52)58-46(71)39(53)29(3)63)27-38(65)55-32(15-8-19-49)41(66)60-37(45(70)59-36)26-31-13-6-5-7-14-31/h5-7,13-14,28-30,32-37,39-40,63-64H,8-12,15-27,49-53H2,1-4H3,(H,54,72)(H,55,65)(H,56,67)(H,57,69)(H,58,71)(H,59,70)(H,60,66)(H,61,68)/t29-,30+,32+,33+,34+,35+,36+,37-,39+,40-/m1/s1. The minimum Gasteiger partial charge on any atom is -0.391 e. The van der Waals surface area contributed by atoms with Gasteiger partial charge in [0, 0.05) is 19.5 Å². The summed E-state index contributed by atoms with van der Waals surface area (Å²) in [5, 5.41) is 41.9. The van der Waals surface area contributed by atoms with Crippen LogP contribution in [0.5, 0.6) is 0 Å². The maximum absolute atomic E-state index is 14.4. The number of aliphatic hydroxyl groups is 2. The van der Waals surface area contributed by atoms with Gasteiger partial charge in [-0.3, -0.25) is 43.2 Å². The summed E-state index contributed by atoms with van der Waals surface area (Å²) in [7, 11) is 0. The van der Waals surface area contributed by atoms with Gasteiger partial charge in [-0.15, -0.1) is 0 Å². The van der Waals surface area contributed by atoms with Crippen molar-refractivity contribution in [3.05, 3.63) is 35.9 Å². The molecular weight excluding hydrogens is 949 g/mol. The highest BCUT2D eigenvalue weighted by atomic mass is 16.3. The molecule has 412 valence electrons. The third kappa shape index (κ3) is 22.9. The molecule has 9 amide bonds. The molecule has 1 aliphatic rings. The zero-order valence-corrected chi connectivity index (χ0v) is 42.9. The number of hydrogen-bond donors (Lipinski definition) is 15. The highest BCUT2D eigenvalue weighted by Gasteiger charge is 2.36. The molecule has 73 heavy (non-hydrogen) atoms. The number of aliphatic hydroxyl groups excluding tert-OH is 2. The van der Waals surface area contributed by atoms with Gasteiger partial charge in [-0.1, -0.05) is 44.2 Å². The number of carbonyl (C=O) groups excluding carboxylic acids is 9. The van der Waals surface area contributed by atoms with Gasteiger partial charge in [0.2, 0.25) is 53.2 Å². The average Bonchev–Trinajstić information content (AvgIpc) is 3.34. The topological polar surface area (TPSA) is 424 Å². The van der Waals surface area contributed by atoms with Gasteiger partial charge in [-0.2, -0.15) is 0 Å². The predicted molar refractivity (Wildman–Crippen MR) is 272 cm³/mol.